The van der Waals surface area contributed by atoms with Gasteiger partial charge in [0.05, 0.1) is 5.41 Å². The Bertz CT molecular complexity index is 1440. The van der Waals surface area contributed by atoms with Gasteiger partial charge in [0, 0.05) is 0 Å². The van der Waals surface area contributed by atoms with Gasteiger partial charge in [-0.1, -0.05) is 122 Å². The second-order valence-electron chi connectivity index (χ2n) is 9.33. The fraction of sp³-hybridized carbons (Fsp3) is 0.143. The Kier molecular flexibility index (Phi) is 6.14. The lowest BCUT2D eigenvalue weighted by atomic mass is 9.68. The lowest BCUT2D eigenvalue weighted by Gasteiger charge is -2.34. The van der Waals surface area contributed by atoms with E-state index >= 15 is 0 Å². The molecule has 35 heavy (non-hydrogen) atoms. The Morgan fingerprint density at radius 3 is 2.37 bits per heavy atom. The number of benzene rings is 3. The van der Waals surface area contributed by atoms with Crippen LogP contribution < -0.4 is 0 Å². The monoisotopic (exact) mass is 452 g/mol. The van der Waals surface area contributed by atoms with E-state index in [1.165, 1.54) is 50.1 Å². The highest BCUT2D eigenvalue weighted by Crippen LogP contribution is 2.57. The van der Waals surface area contributed by atoms with Crippen LogP contribution >= 0.6 is 0 Å². The van der Waals surface area contributed by atoms with Crippen molar-refractivity contribution in [2.24, 2.45) is 0 Å². The van der Waals surface area contributed by atoms with Crippen molar-refractivity contribution in [2.45, 2.75) is 32.1 Å². The summed E-state index contributed by atoms with van der Waals surface area (Å²) in [5, 5.41) is 0. The van der Waals surface area contributed by atoms with Gasteiger partial charge in [-0.3, -0.25) is 0 Å². The molecule has 0 fully saturated rings. The molecule has 1 unspecified atom stereocenters. The molecule has 2 aliphatic carbocycles. The van der Waals surface area contributed by atoms with Gasteiger partial charge < -0.3 is 0 Å². The van der Waals surface area contributed by atoms with E-state index in [9.17, 15) is 0 Å². The van der Waals surface area contributed by atoms with Crippen molar-refractivity contribution >= 4 is 11.6 Å². The zero-order chi connectivity index (χ0) is 24.4. The maximum atomic E-state index is 4.30. The largest absolute Gasteiger partial charge is 0.0988 e. The van der Waals surface area contributed by atoms with Crippen molar-refractivity contribution in [2.75, 3.05) is 0 Å². The highest BCUT2D eigenvalue weighted by Gasteiger charge is 2.45. The predicted octanol–water partition coefficient (Wildman–Crippen LogP) is 9.24. The van der Waals surface area contributed by atoms with Crippen LogP contribution in [-0.2, 0) is 11.8 Å². The molecule has 1 spiro atoms. The number of allylic oxidation sites excluding steroid dienone is 9. The zero-order valence-corrected chi connectivity index (χ0v) is 20.7. The van der Waals surface area contributed by atoms with Gasteiger partial charge in [0.2, 0.25) is 0 Å². The van der Waals surface area contributed by atoms with Gasteiger partial charge in [-0.05, 0) is 82.3 Å². The first-order chi connectivity index (χ1) is 17.2. The molecular weight excluding hydrogens is 420 g/mol. The summed E-state index contributed by atoms with van der Waals surface area (Å²) in [5.41, 5.74) is 12.7. The second kappa shape index (κ2) is 9.39. The summed E-state index contributed by atoms with van der Waals surface area (Å²) in [6.07, 6.45) is 19.1. The number of fused-ring (bicyclic) bond motifs is 7. The minimum atomic E-state index is -0.237. The molecule has 0 amide bonds. The third kappa shape index (κ3) is 3.53. The van der Waals surface area contributed by atoms with E-state index in [4.69, 9.17) is 0 Å². The lowest BCUT2D eigenvalue weighted by molar-refractivity contribution is 0.639. The SMILES string of the molecule is C=C/C(C)=C(\C=C/C)c1ccc2c(c1C=C)-c1ccccc1C21C/C=C\C=C/Cc2ccccc21. The molecule has 0 saturated carbocycles. The van der Waals surface area contributed by atoms with Gasteiger partial charge in [-0.2, -0.15) is 0 Å². The molecule has 172 valence electrons. The van der Waals surface area contributed by atoms with E-state index in [1.807, 2.05) is 12.2 Å². The summed E-state index contributed by atoms with van der Waals surface area (Å²) < 4.78 is 0. The minimum absolute atomic E-state index is 0.237. The summed E-state index contributed by atoms with van der Waals surface area (Å²) in [5.74, 6) is 0. The van der Waals surface area contributed by atoms with Gasteiger partial charge in [0.15, 0.2) is 0 Å². The maximum Gasteiger partial charge on any atom is 0.0501 e. The molecule has 0 aromatic heterocycles. The highest BCUT2D eigenvalue weighted by molar-refractivity contribution is 5.95. The van der Waals surface area contributed by atoms with Crippen molar-refractivity contribution in [3.63, 3.8) is 0 Å². The normalized spacial score (nSPS) is 20.6. The molecule has 2 aliphatic rings. The fourth-order valence-electron chi connectivity index (χ4n) is 5.97. The Morgan fingerprint density at radius 2 is 1.60 bits per heavy atom. The quantitative estimate of drug-likeness (QED) is 0.346. The maximum absolute atomic E-state index is 4.30. The van der Waals surface area contributed by atoms with Crippen LogP contribution in [0.4, 0.5) is 0 Å². The molecule has 0 heterocycles. The Morgan fingerprint density at radius 1 is 0.857 bits per heavy atom. The summed E-state index contributed by atoms with van der Waals surface area (Å²) in [6.45, 7) is 12.5. The highest BCUT2D eigenvalue weighted by atomic mass is 14.5. The Labute approximate surface area is 210 Å². The molecule has 0 saturated heterocycles. The third-order valence-corrected chi connectivity index (χ3v) is 7.54. The van der Waals surface area contributed by atoms with E-state index in [2.05, 4.69) is 124 Å². The van der Waals surface area contributed by atoms with Crippen molar-refractivity contribution in [1.29, 1.82) is 0 Å². The molecule has 0 heteroatoms. The summed E-state index contributed by atoms with van der Waals surface area (Å²) in [7, 11) is 0. The van der Waals surface area contributed by atoms with Gasteiger partial charge in [0.1, 0.15) is 0 Å². The smallest absolute Gasteiger partial charge is 0.0501 e. The van der Waals surface area contributed by atoms with Gasteiger partial charge in [-0.15, -0.1) is 0 Å². The molecule has 0 radical (unpaired) electrons. The van der Waals surface area contributed by atoms with Crippen LogP contribution in [0.15, 0.2) is 122 Å². The van der Waals surface area contributed by atoms with Gasteiger partial charge in [-0.25, -0.2) is 0 Å². The van der Waals surface area contributed by atoms with Crippen LogP contribution in [0.1, 0.15) is 53.6 Å². The number of rotatable bonds is 4. The summed E-state index contributed by atoms with van der Waals surface area (Å²) in [4.78, 5) is 0. The van der Waals surface area contributed by atoms with Crippen molar-refractivity contribution in [3.8, 4) is 11.1 Å². The van der Waals surface area contributed by atoms with Crippen LogP contribution in [0.2, 0.25) is 0 Å². The third-order valence-electron chi connectivity index (χ3n) is 7.54. The number of hydrogen-bond donors (Lipinski definition) is 0. The molecule has 0 bridgehead atoms. The van der Waals surface area contributed by atoms with Gasteiger partial charge >= 0.3 is 0 Å². The average Bonchev–Trinajstić information content (AvgIpc) is 3.23. The van der Waals surface area contributed by atoms with E-state index in [1.54, 1.807) is 0 Å². The van der Waals surface area contributed by atoms with Crippen LogP contribution in [0.25, 0.3) is 22.8 Å². The molecule has 5 rings (SSSR count). The standard InChI is InChI=1S/C35H32/c1-5-16-28(25(4)6-2)29-22-23-33-34(27(29)7-3)30-19-12-14-21-32(30)35(33)24-15-9-8-10-17-26-18-11-13-20-31(26)35/h5-16,18-23H,2-3,17,24H2,1,4H3/b10-8-,15-9-,16-5-,28-25+. The van der Waals surface area contributed by atoms with E-state index in [0.29, 0.717) is 0 Å². The summed E-state index contributed by atoms with van der Waals surface area (Å²) in [6, 6.07) is 22.6. The second-order valence-corrected chi connectivity index (χ2v) is 9.33. The first kappa shape index (κ1) is 22.9. The average molecular weight is 453 g/mol. The van der Waals surface area contributed by atoms with Crippen molar-refractivity contribution in [1.82, 2.24) is 0 Å². The van der Waals surface area contributed by atoms with Crippen LogP contribution in [-0.4, -0.2) is 0 Å². The lowest BCUT2D eigenvalue weighted by Crippen LogP contribution is -2.28. The minimum Gasteiger partial charge on any atom is -0.0988 e. The van der Waals surface area contributed by atoms with E-state index in [0.717, 1.165) is 18.4 Å². The fourth-order valence-corrected chi connectivity index (χ4v) is 5.97. The molecular formula is C35H32. The van der Waals surface area contributed by atoms with Crippen molar-refractivity contribution in [3.05, 3.63) is 155 Å². The Hall–Kier alpha value is -3.90. The molecule has 1 atom stereocenters. The Balaban J connectivity index is 1.92. The first-order valence-electron chi connectivity index (χ1n) is 12.4. The van der Waals surface area contributed by atoms with Gasteiger partial charge in [0.25, 0.3) is 0 Å². The topological polar surface area (TPSA) is 0 Å². The van der Waals surface area contributed by atoms with Crippen LogP contribution in [0.3, 0.4) is 0 Å². The molecule has 0 N–H and O–H groups in total. The van der Waals surface area contributed by atoms with Crippen molar-refractivity contribution < 1.29 is 0 Å². The zero-order valence-electron chi connectivity index (χ0n) is 20.7. The van der Waals surface area contributed by atoms with Crippen LogP contribution in [0, 0.1) is 0 Å². The molecule has 3 aromatic rings. The molecule has 3 aromatic carbocycles. The number of hydrogen-bond acceptors (Lipinski definition) is 0. The first-order valence-corrected chi connectivity index (χ1v) is 12.4. The predicted molar refractivity (Wildman–Crippen MR) is 152 cm³/mol. The summed E-state index contributed by atoms with van der Waals surface area (Å²) >= 11 is 0. The van der Waals surface area contributed by atoms with E-state index in [-0.39, 0.29) is 5.41 Å². The van der Waals surface area contributed by atoms with Crippen LogP contribution in [0.5, 0.6) is 0 Å². The molecule has 0 aliphatic heterocycles. The molecule has 0 nitrogen and oxygen atoms in total. The van der Waals surface area contributed by atoms with E-state index < -0.39 is 0 Å².